The monoisotopic (exact) mass is 373 g/mol. The molecule has 1 nitrogen and oxygen atoms in total. The maximum absolute atomic E-state index is 2.39. The Balaban J connectivity index is 1.58. The van der Waals surface area contributed by atoms with Crippen LogP contribution >= 0.6 is 0 Å². The molecule has 0 saturated carbocycles. The van der Waals surface area contributed by atoms with Gasteiger partial charge in [0.1, 0.15) is 0 Å². The molecule has 5 rings (SSSR count). The van der Waals surface area contributed by atoms with Crippen molar-refractivity contribution in [3.63, 3.8) is 0 Å². The first-order valence-electron chi connectivity index (χ1n) is 10.2. The summed E-state index contributed by atoms with van der Waals surface area (Å²) in [6, 6.07) is 34.6. The van der Waals surface area contributed by atoms with Crippen LogP contribution in [0, 0.1) is 0 Å². The standard InChI is InChI=1S/C28H23N/c1-2-29-27-15-9-8-14-25(27)26-20-21(17-19-28(26)29)16-18-23-12-6-7-13-24(23)22-10-4-3-5-11-22/h3-20H,2H2,1H3/b18-16+. The van der Waals surface area contributed by atoms with Gasteiger partial charge >= 0.3 is 0 Å². The Morgan fingerprint density at radius 2 is 1.38 bits per heavy atom. The minimum absolute atomic E-state index is 0.976. The van der Waals surface area contributed by atoms with Gasteiger partial charge in [-0.1, -0.05) is 91.0 Å². The summed E-state index contributed by atoms with van der Waals surface area (Å²) in [6.07, 6.45) is 4.45. The average Bonchev–Trinajstić information content (AvgIpc) is 3.11. The predicted molar refractivity (Wildman–Crippen MR) is 126 cm³/mol. The maximum Gasteiger partial charge on any atom is 0.0491 e. The summed E-state index contributed by atoms with van der Waals surface area (Å²) in [5, 5.41) is 2.64. The third-order valence-corrected chi connectivity index (χ3v) is 5.61. The molecule has 1 aromatic heterocycles. The fourth-order valence-corrected chi connectivity index (χ4v) is 4.22. The molecule has 0 amide bonds. The minimum Gasteiger partial charge on any atom is -0.341 e. The predicted octanol–water partition coefficient (Wildman–Crippen LogP) is 7.65. The van der Waals surface area contributed by atoms with Crippen LogP contribution in [0.25, 0.3) is 45.1 Å². The van der Waals surface area contributed by atoms with Gasteiger partial charge in [-0.15, -0.1) is 0 Å². The number of para-hydroxylation sites is 1. The second-order valence-corrected chi connectivity index (χ2v) is 7.32. The molecular formula is C28H23N. The molecule has 29 heavy (non-hydrogen) atoms. The number of aryl methyl sites for hydroxylation is 1. The third-order valence-electron chi connectivity index (χ3n) is 5.61. The Bertz CT molecular complexity index is 1320. The first-order chi connectivity index (χ1) is 14.3. The zero-order valence-corrected chi connectivity index (χ0v) is 16.5. The van der Waals surface area contributed by atoms with Crippen molar-refractivity contribution in [3.05, 3.63) is 108 Å². The SMILES string of the molecule is CCn1c2ccccc2c2cc(/C=C/c3ccccc3-c3ccccc3)ccc21. The van der Waals surface area contributed by atoms with E-state index in [4.69, 9.17) is 0 Å². The maximum atomic E-state index is 2.39. The Morgan fingerprint density at radius 3 is 2.24 bits per heavy atom. The highest BCUT2D eigenvalue weighted by Gasteiger charge is 2.09. The lowest BCUT2D eigenvalue weighted by molar-refractivity contribution is 0.827. The van der Waals surface area contributed by atoms with E-state index in [0.29, 0.717) is 0 Å². The quantitative estimate of drug-likeness (QED) is 0.285. The van der Waals surface area contributed by atoms with Crippen molar-refractivity contribution in [2.24, 2.45) is 0 Å². The lowest BCUT2D eigenvalue weighted by atomic mass is 9.99. The summed E-state index contributed by atoms with van der Waals surface area (Å²) in [6.45, 7) is 3.18. The van der Waals surface area contributed by atoms with E-state index in [1.807, 2.05) is 0 Å². The molecule has 1 heteroatoms. The molecule has 0 radical (unpaired) electrons. The lowest BCUT2D eigenvalue weighted by Crippen LogP contribution is -1.92. The zero-order chi connectivity index (χ0) is 19.6. The summed E-state index contributed by atoms with van der Waals surface area (Å²) >= 11 is 0. The lowest BCUT2D eigenvalue weighted by Gasteiger charge is -2.06. The molecule has 4 aromatic carbocycles. The molecule has 0 aliphatic heterocycles. The number of hydrogen-bond donors (Lipinski definition) is 0. The Hall–Kier alpha value is -3.58. The number of nitrogens with zero attached hydrogens (tertiary/aromatic N) is 1. The van der Waals surface area contributed by atoms with E-state index in [9.17, 15) is 0 Å². The first kappa shape index (κ1) is 17.5. The van der Waals surface area contributed by atoms with Crippen LogP contribution in [0.2, 0.25) is 0 Å². The summed E-state index contributed by atoms with van der Waals surface area (Å²) in [4.78, 5) is 0. The zero-order valence-electron chi connectivity index (χ0n) is 16.5. The van der Waals surface area contributed by atoms with Gasteiger partial charge in [-0.2, -0.15) is 0 Å². The van der Waals surface area contributed by atoms with E-state index in [0.717, 1.165) is 6.54 Å². The van der Waals surface area contributed by atoms with Crippen LogP contribution in [0.1, 0.15) is 18.1 Å². The highest BCUT2D eigenvalue weighted by atomic mass is 15.0. The van der Waals surface area contributed by atoms with Gasteiger partial charge < -0.3 is 4.57 Å². The topological polar surface area (TPSA) is 4.93 Å². The summed E-state index contributed by atoms with van der Waals surface area (Å²) in [5.41, 5.74) is 7.56. The van der Waals surface area contributed by atoms with Gasteiger partial charge in [0.25, 0.3) is 0 Å². The molecular weight excluding hydrogens is 350 g/mol. The van der Waals surface area contributed by atoms with Crippen molar-refractivity contribution in [3.8, 4) is 11.1 Å². The van der Waals surface area contributed by atoms with Crippen LogP contribution in [-0.4, -0.2) is 4.57 Å². The molecule has 140 valence electrons. The molecule has 0 aliphatic carbocycles. The second kappa shape index (κ2) is 7.44. The highest BCUT2D eigenvalue weighted by Crippen LogP contribution is 2.30. The van der Waals surface area contributed by atoms with Crippen LogP contribution in [-0.2, 0) is 6.54 Å². The highest BCUT2D eigenvalue weighted by molar-refractivity contribution is 6.08. The molecule has 1 heterocycles. The second-order valence-electron chi connectivity index (χ2n) is 7.32. The fourth-order valence-electron chi connectivity index (χ4n) is 4.22. The summed E-state index contributed by atoms with van der Waals surface area (Å²) in [5.74, 6) is 0. The number of rotatable bonds is 4. The molecule has 0 unspecified atom stereocenters. The summed E-state index contributed by atoms with van der Waals surface area (Å²) < 4.78 is 2.39. The van der Waals surface area contributed by atoms with Crippen molar-refractivity contribution >= 4 is 34.0 Å². The van der Waals surface area contributed by atoms with Crippen molar-refractivity contribution < 1.29 is 0 Å². The van der Waals surface area contributed by atoms with Gasteiger partial charge in [0.05, 0.1) is 0 Å². The van der Waals surface area contributed by atoms with E-state index >= 15 is 0 Å². The van der Waals surface area contributed by atoms with Gasteiger partial charge in [-0.3, -0.25) is 0 Å². The summed E-state index contributed by atoms with van der Waals surface area (Å²) in [7, 11) is 0. The Morgan fingerprint density at radius 1 is 0.655 bits per heavy atom. The molecule has 0 spiro atoms. The molecule has 0 saturated heterocycles. The fraction of sp³-hybridized carbons (Fsp3) is 0.0714. The normalized spacial score (nSPS) is 11.6. The minimum atomic E-state index is 0.976. The largest absolute Gasteiger partial charge is 0.341 e. The number of hydrogen-bond acceptors (Lipinski definition) is 0. The molecule has 0 bridgehead atoms. The van der Waals surface area contributed by atoms with Crippen molar-refractivity contribution in [1.82, 2.24) is 4.57 Å². The van der Waals surface area contributed by atoms with Crippen molar-refractivity contribution in [1.29, 1.82) is 0 Å². The van der Waals surface area contributed by atoms with Gasteiger partial charge in [-0.25, -0.2) is 0 Å². The van der Waals surface area contributed by atoms with E-state index in [2.05, 4.69) is 121 Å². The first-order valence-corrected chi connectivity index (χ1v) is 10.2. The number of benzene rings is 4. The van der Waals surface area contributed by atoms with Crippen molar-refractivity contribution in [2.45, 2.75) is 13.5 Å². The molecule has 5 aromatic rings. The molecule has 0 atom stereocenters. The van der Waals surface area contributed by atoms with E-state index in [1.54, 1.807) is 0 Å². The van der Waals surface area contributed by atoms with E-state index in [1.165, 1.54) is 44.1 Å². The van der Waals surface area contributed by atoms with Gasteiger partial charge in [0, 0.05) is 28.4 Å². The smallest absolute Gasteiger partial charge is 0.0491 e. The van der Waals surface area contributed by atoms with Crippen LogP contribution in [0.4, 0.5) is 0 Å². The van der Waals surface area contributed by atoms with Gasteiger partial charge in [-0.05, 0) is 47.4 Å². The Labute approximate surface area is 171 Å². The number of aromatic nitrogens is 1. The Kier molecular flexibility index (Phi) is 4.50. The van der Waals surface area contributed by atoms with E-state index < -0.39 is 0 Å². The molecule has 0 fully saturated rings. The van der Waals surface area contributed by atoms with Crippen LogP contribution < -0.4 is 0 Å². The van der Waals surface area contributed by atoms with Gasteiger partial charge in [0.15, 0.2) is 0 Å². The molecule has 0 N–H and O–H groups in total. The number of fused-ring (bicyclic) bond motifs is 3. The van der Waals surface area contributed by atoms with Gasteiger partial charge in [0.2, 0.25) is 0 Å². The third kappa shape index (κ3) is 3.15. The van der Waals surface area contributed by atoms with E-state index in [-0.39, 0.29) is 0 Å². The van der Waals surface area contributed by atoms with Crippen LogP contribution in [0.5, 0.6) is 0 Å². The van der Waals surface area contributed by atoms with Crippen molar-refractivity contribution in [2.75, 3.05) is 0 Å². The van der Waals surface area contributed by atoms with Crippen LogP contribution in [0.15, 0.2) is 97.1 Å². The average molecular weight is 373 g/mol. The molecule has 0 aliphatic rings. The van der Waals surface area contributed by atoms with Crippen LogP contribution in [0.3, 0.4) is 0 Å².